The molecule has 2 amide bonds. The summed E-state index contributed by atoms with van der Waals surface area (Å²) < 4.78 is 36.9. The first-order valence-electron chi connectivity index (χ1n) is 5.65. The Labute approximate surface area is 107 Å². The highest BCUT2D eigenvalue weighted by molar-refractivity contribution is 6.39. The van der Waals surface area contributed by atoms with Gasteiger partial charge in [-0.2, -0.15) is 13.2 Å². The SMILES string of the molecule is O=C(Nc1ccc(C(F)(F)F)cc1)C(=O)NC1CC1. The van der Waals surface area contributed by atoms with Gasteiger partial charge in [-0.3, -0.25) is 9.59 Å². The number of hydrogen-bond acceptors (Lipinski definition) is 2. The first kappa shape index (κ1) is 13.4. The molecule has 1 saturated carbocycles. The summed E-state index contributed by atoms with van der Waals surface area (Å²) in [5.41, 5.74) is -0.670. The Morgan fingerprint density at radius 3 is 2.11 bits per heavy atom. The maximum Gasteiger partial charge on any atom is 0.416 e. The lowest BCUT2D eigenvalue weighted by Gasteiger charge is -2.08. The molecule has 7 heteroatoms. The van der Waals surface area contributed by atoms with E-state index in [1.165, 1.54) is 0 Å². The topological polar surface area (TPSA) is 58.2 Å². The first-order valence-corrected chi connectivity index (χ1v) is 5.65. The quantitative estimate of drug-likeness (QED) is 0.808. The predicted octanol–water partition coefficient (Wildman–Crippen LogP) is 1.92. The number of carbonyl (C=O) groups excluding carboxylic acids is 2. The lowest BCUT2D eigenvalue weighted by atomic mass is 10.2. The Balaban J connectivity index is 1.95. The van der Waals surface area contributed by atoms with E-state index < -0.39 is 23.6 Å². The van der Waals surface area contributed by atoms with Crippen molar-refractivity contribution >= 4 is 17.5 Å². The smallest absolute Gasteiger partial charge is 0.345 e. The molecule has 2 rings (SSSR count). The van der Waals surface area contributed by atoms with Gasteiger partial charge in [0.25, 0.3) is 0 Å². The number of rotatable bonds is 2. The molecule has 0 atom stereocenters. The zero-order valence-corrected chi connectivity index (χ0v) is 9.75. The van der Waals surface area contributed by atoms with Crippen molar-refractivity contribution < 1.29 is 22.8 Å². The second kappa shape index (κ2) is 4.91. The number of amides is 2. The van der Waals surface area contributed by atoms with Gasteiger partial charge in [0.2, 0.25) is 0 Å². The summed E-state index contributed by atoms with van der Waals surface area (Å²) in [5, 5.41) is 4.71. The van der Waals surface area contributed by atoms with Crippen molar-refractivity contribution in [3.63, 3.8) is 0 Å². The molecule has 0 bridgehead atoms. The normalized spacial score (nSPS) is 14.9. The van der Waals surface area contributed by atoms with Gasteiger partial charge in [-0.15, -0.1) is 0 Å². The molecule has 0 unspecified atom stereocenters. The third-order valence-corrected chi connectivity index (χ3v) is 2.59. The molecule has 1 aromatic rings. The minimum Gasteiger partial charge on any atom is -0.345 e. The average Bonchev–Trinajstić information content (AvgIpc) is 3.12. The summed E-state index contributed by atoms with van der Waals surface area (Å²) in [4.78, 5) is 22.7. The third kappa shape index (κ3) is 3.70. The largest absolute Gasteiger partial charge is 0.416 e. The number of nitrogens with one attached hydrogen (secondary N) is 2. The molecule has 0 aromatic heterocycles. The van der Waals surface area contributed by atoms with Gasteiger partial charge in [0.05, 0.1) is 5.56 Å². The van der Waals surface area contributed by atoms with E-state index in [0.717, 1.165) is 37.1 Å². The summed E-state index contributed by atoms with van der Waals surface area (Å²) in [5.74, 6) is -1.66. The van der Waals surface area contributed by atoms with Crippen LogP contribution in [0.15, 0.2) is 24.3 Å². The van der Waals surface area contributed by atoms with E-state index >= 15 is 0 Å². The monoisotopic (exact) mass is 272 g/mol. The van der Waals surface area contributed by atoms with Crippen LogP contribution in [0.25, 0.3) is 0 Å². The molecular formula is C12H11F3N2O2. The molecular weight excluding hydrogens is 261 g/mol. The zero-order valence-electron chi connectivity index (χ0n) is 9.75. The second-order valence-corrected chi connectivity index (χ2v) is 4.28. The average molecular weight is 272 g/mol. The predicted molar refractivity (Wildman–Crippen MR) is 61.2 cm³/mol. The van der Waals surface area contributed by atoms with Crippen LogP contribution in [0, 0.1) is 0 Å². The molecule has 0 spiro atoms. The molecule has 1 aliphatic carbocycles. The minimum atomic E-state index is -4.42. The van der Waals surface area contributed by atoms with Crippen molar-refractivity contribution in [2.24, 2.45) is 0 Å². The maximum atomic E-state index is 12.3. The van der Waals surface area contributed by atoms with Crippen LogP contribution < -0.4 is 10.6 Å². The highest BCUT2D eigenvalue weighted by Crippen LogP contribution is 2.29. The van der Waals surface area contributed by atoms with Gasteiger partial charge in [-0.25, -0.2) is 0 Å². The number of anilines is 1. The van der Waals surface area contributed by atoms with Crippen molar-refractivity contribution in [1.29, 1.82) is 0 Å². The Kier molecular flexibility index (Phi) is 3.46. The number of hydrogen-bond donors (Lipinski definition) is 2. The van der Waals surface area contributed by atoms with Crippen LogP contribution in [-0.4, -0.2) is 17.9 Å². The number of halogens is 3. The van der Waals surface area contributed by atoms with E-state index in [-0.39, 0.29) is 11.7 Å². The summed E-state index contributed by atoms with van der Waals surface area (Å²) in [7, 11) is 0. The molecule has 19 heavy (non-hydrogen) atoms. The molecule has 2 N–H and O–H groups in total. The molecule has 0 saturated heterocycles. The fraction of sp³-hybridized carbons (Fsp3) is 0.333. The maximum absolute atomic E-state index is 12.3. The molecule has 4 nitrogen and oxygen atoms in total. The van der Waals surface area contributed by atoms with Crippen molar-refractivity contribution in [1.82, 2.24) is 5.32 Å². The summed E-state index contributed by atoms with van der Waals surface area (Å²) in [6, 6.07) is 3.94. The Hall–Kier alpha value is -2.05. The molecule has 1 aromatic carbocycles. The lowest BCUT2D eigenvalue weighted by Crippen LogP contribution is -2.36. The second-order valence-electron chi connectivity index (χ2n) is 4.28. The standard InChI is InChI=1S/C12H11F3N2O2/c13-12(14,15)7-1-3-8(4-2-7)16-10(18)11(19)17-9-5-6-9/h1-4,9H,5-6H2,(H,16,18)(H,17,19). The van der Waals surface area contributed by atoms with Gasteiger partial charge in [0.1, 0.15) is 0 Å². The molecule has 0 radical (unpaired) electrons. The third-order valence-electron chi connectivity index (χ3n) is 2.59. The van der Waals surface area contributed by atoms with E-state index in [1.54, 1.807) is 0 Å². The molecule has 102 valence electrons. The van der Waals surface area contributed by atoms with Gasteiger partial charge < -0.3 is 10.6 Å². The van der Waals surface area contributed by atoms with Crippen LogP contribution >= 0.6 is 0 Å². The van der Waals surface area contributed by atoms with Gasteiger partial charge in [-0.05, 0) is 37.1 Å². The summed E-state index contributed by atoms with van der Waals surface area (Å²) in [6.07, 6.45) is -2.73. The van der Waals surface area contributed by atoms with E-state index in [9.17, 15) is 22.8 Å². The van der Waals surface area contributed by atoms with Crippen molar-refractivity contribution in [2.75, 3.05) is 5.32 Å². The first-order chi connectivity index (χ1) is 8.86. The number of benzene rings is 1. The molecule has 1 aliphatic rings. The van der Waals surface area contributed by atoms with E-state index in [2.05, 4.69) is 10.6 Å². The molecule has 0 heterocycles. The molecule has 0 aliphatic heterocycles. The summed E-state index contributed by atoms with van der Waals surface area (Å²) >= 11 is 0. The van der Waals surface area contributed by atoms with Crippen LogP contribution in [0.2, 0.25) is 0 Å². The van der Waals surface area contributed by atoms with E-state index in [0.29, 0.717) is 0 Å². The van der Waals surface area contributed by atoms with Crippen molar-refractivity contribution in [3.8, 4) is 0 Å². The van der Waals surface area contributed by atoms with Crippen LogP contribution in [0.5, 0.6) is 0 Å². The van der Waals surface area contributed by atoms with Gasteiger partial charge >= 0.3 is 18.0 Å². The van der Waals surface area contributed by atoms with Crippen LogP contribution in [-0.2, 0) is 15.8 Å². The van der Waals surface area contributed by atoms with Crippen LogP contribution in [0.3, 0.4) is 0 Å². The lowest BCUT2D eigenvalue weighted by molar-refractivity contribution is -0.137. The highest BCUT2D eigenvalue weighted by atomic mass is 19.4. The highest BCUT2D eigenvalue weighted by Gasteiger charge is 2.30. The zero-order chi connectivity index (χ0) is 14.0. The van der Waals surface area contributed by atoms with Crippen molar-refractivity contribution in [3.05, 3.63) is 29.8 Å². The van der Waals surface area contributed by atoms with Crippen LogP contribution in [0.1, 0.15) is 18.4 Å². The Bertz CT molecular complexity index is 493. The van der Waals surface area contributed by atoms with Gasteiger partial charge in [0.15, 0.2) is 0 Å². The number of alkyl halides is 3. The fourth-order valence-electron chi connectivity index (χ4n) is 1.41. The van der Waals surface area contributed by atoms with Crippen molar-refractivity contribution in [2.45, 2.75) is 25.1 Å². The van der Waals surface area contributed by atoms with Gasteiger partial charge in [-0.1, -0.05) is 0 Å². The van der Waals surface area contributed by atoms with Gasteiger partial charge in [0, 0.05) is 11.7 Å². The van der Waals surface area contributed by atoms with E-state index in [1.807, 2.05) is 0 Å². The van der Waals surface area contributed by atoms with Crippen LogP contribution in [0.4, 0.5) is 18.9 Å². The number of carbonyl (C=O) groups is 2. The minimum absolute atomic E-state index is 0.0471. The molecule has 1 fully saturated rings. The van der Waals surface area contributed by atoms with E-state index in [4.69, 9.17) is 0 Å². The Morgan fingerprint density at radius 1 is 1.05 bits per heavy atom. The fourth-order valence-corrected chi connectivity index (χ4v) is 1.41. The Morgan fingerprint density at radius 2 is 1.63 bits per heavy atom. The summed E-state index contributed by atoms with van der Waals surface area (Å²) in [6.45, 7) is 0.